The first-order valence-electron chi connectivity index (χ1n) is 5.63. The zero-order chi connectivity index (χ0) is 12.0. The van der Waals surface area contributed by atoms with E-state index in [0.717, 1.165) is 12.8 Å². The number of unbranched alkanes of at least 4 members (excludes halogenated alkanes) is 1. The van der Waals surface area contributed by atoms with Crippen LogP contribution in [0.25, 0.3) is 0 Å². The summed E-state index contributed by atoms with van der Waals surface area (Å²) in [7, 11) is 0. The summed E-state index contributed by atoms with van der Waals surface area (Å²) in [4.78, 5) is 0. The summed E-state index contributed by atoms with van der Waals surface area (Å²) in [5.74, 6) is 0. The number of hydrogen-bond donors (Lipinski definition) is 4. The molecule has 0 aromatic rings. The fraction of sp³-hybridized carbons (Fsp3) is 1.00. The third kappa shape index (κ3) is 3.97. The van der Waals surface area contributed by atoms with Gasteiger partial charge < -0.3 is 30.5 Å². The molecule has 1 aliphatic heterocycles. The molecule has 1 unspecified atom stereocenters. The highest BCUT2D eigenvalue weighted by molar-refractivity contribution is 4.80. The van der Waals surface area contributed by atoms with E-state index in [2.05, 4.69) is 0 Å². The van der Waals surface area contributed by atoms with Crippen molar-refractivity contribution in [2.24, 2.45) is 5.73 Å². The van der Waals surface area contributed by atoms with Crippen molar-refractivity contribution in [3.8, 4) is 0 Å². The summed E-state index contributed by atoms with van der Waals surface area (Å²) in [6.07, 6.45) is -1.46. The van der Waals surface area contributed by atoms with Crippen LogP contribution in [0.2, 0.25) is 0 Å². The molecule has 0 aromatic heterocycles. The van der Waals surface area contributed by atoms with Gasteiger partial charge in [0.1, 0.15) is 6.10 Å². The number of ether oxygens (including phenoxy) is 2. The van der Waals surface area contributed by atoms with Gasteiger partial charge >= 0.3 is 0 Å². The lowest BCUT2D eigenvalue weighted by Crippen LogP contribution is -2.50. The maximum absolute atomic E-state index is 9.60. The van der Waals surface area contributed by atoms with Crippen LogP contribution in [0.1, 0.15) is 19.3 Å². The van der Waals surface area contributed by atoms with Gasteiger partial charge in [0.25, 0.3) is 0 Å². The summed E-state index contributed by atoms with van der Waals surface area (Å²) < 4.78 is 10.6. The second-order valence-corrected chi connectivity index (χ2v) is 3.97. The normalized spacial score (nSPS) is 35.2. The van der Waals surface area contributed by atoms with Gasteiger partial charge in [-0.25, -0.2) is 0 Å². The molecule has 6 heteroatoms. The zero-order valence-corrected chi connectivity index (χ0v) is 9.29. The molecule has 0 bridgehead atoms. The highest BCUT2D eigenvalue weighted by Gasteiger charge is 2.36. The van der Waals surface area contributed by atoms with Gasteiger partial charge in [0.2, 0.25) is 0 Å². The van der Waals surface area contributed by atoms with Crippen LogP contribution in [0, 0.1) is 0 Å². The lowest BCUT2D eigenvalue weighted by atomic mass is 10.0. The molecule has 6 nitrogen and oxygen atoms in total. The molecular formula is C10H21NO5. The minimum Gasteiger partial charge on any atom is -0.394 e. The number of aliphatic hydroxyl groups excluding tert-OH is 3. The summed E-state index contributed by atoms with van der Waals surface area (Å²) in [6, 6.07) is 0. The van der Waals surface area contributed by atoms with Crippen molar-refractivity contribution in [1.29, 1.82) is 0 Å². The van der Waals surface area contributed by atoms with Crippen molar-refractivity contribution < 1.29 is 24.8 Å². The SMILES string of the molecule is NCCCCOC1O[C@H](CO)C[C@H](O)[C@H]1O. The summed E-state index contributed by atoms with van der Waals surface area (Å²) in [5, 5.41) is 28.0. The molecule has 1 fully saturated rings. The highest BCUT2D eigenvalue weighted by Crippen LogP contribution is 2.21. The van der Waals surface area contributed by atoms with Crippen LogP contribution < -0.4 is 5.73 Å². The molecule has 1 heterocycles. The summed E-state index contributed by atoms with van der Waals surface area (Å²) in [6.45, 7) is 0.829. The van der Waals surface area contributed by atoms with Crippen LogP contribution in [0.4, 0.5) is 0 Å². The first-order valence-corrected chi connectivity index (χ1v) is 5.63. The Hall–Kier alpha value is -0.240. The van der Waals surface area contributed by atoms with Gasteiger partial charge in [-0.2, -0.15) is 0 Å². The van der Waals surface area contributed by atoms with Crippen molar-refractivity contribution in [3.63, 3.8) is 0 Å². The molecule has 4 atom stereocenters. The predicted molar refractivity (Wildman–Crippen MR) is 56.6 cm³/mol. The minimum absolute atomic E-state index is 0.188. The van der Waals surface area contributed by atoms with Gasteiger partial charge in [0.05, 0.1) is 18.8 Å². The molecule has 1 saturated heterocycles. The van der Waals surface area contributed by atoms with Crippen molar-refractivity contribution >= 4 is 0 Å². The van der Waals surface area contributed by atoms with Gasteiger partial charge in [0.15, 0.2) is 6.29 Å². The molecule has 1 aliphatic rings. The topological polar surface area (TPSA) is 105 Å². The van der Waals surface area contributed by atoms with E-state index in [1.807, 2.05) is 0 Å². The molecule has 0 radical (unpaired) electrons. The molecule has 0 saturated carbocycles. The van der Waals surface area contributed by atoms with Crippen LogP contribution in [0.3, 0.4) is 0 Å². The van der Waals surface area contributed by atoms with Gasteiger partial charge in [0, 0.05) is 13.0 Å². The summed E-state index contributed by atoms with van der Waals surface area (Å²) in [5.41, 5.74) is 5.33. The van der Waals surface area contributed by atoms with Crippen molar-refractivity contribution in [2.45, 2.75) is 43.9 Å². The van der Waals surface area contributed by atoms with E-state index in [0.29, 0.717) is 13.2 Å². The number of hydrogen-bond acceptors (Lipinski definition) is 6. The average Bonchev–Trinajstić information content (AvgIpc) is 2.29. The molecule has 0 aromatic carbocycles. The van der Waals surface area contributed by atoms with E-state index in [9.17, 15) is 10.2 Å². The minimum atomic E-state index is -1.05. The average molecular weight is 235 g/mol. The van der Waals surface area contributed by atoms with Crippen molar-refractivity contribution in [2.75, 3.05) is 19.8 Å². The maximum Gasteiger partial charge on any atom is 0.186 e. The van der Waals surface area contributed by atoms with Crippen LogP contribution >= 0.6 is 0 Å². The third-order valence-electron chi connectivity index (χ3n) is 2.59. The molecule has 1 rings (SSSR count). The predicted octanol–water partition coefficient (Wildman–Crippen LogP) is -1.43. The number of rotatable bonds is 6. The van der Waals surface area contributed by atoms with E-state index in [1.165, 1.54) is 0 Å². The van der Waals surface area contributed by atoms with E-state index in [4.69, 9.17) is 20.3 Å². The Balaban J connectivity index is 2.31. The Morgan fingerprint density at radius 1 is 1.31 bits per heavy atom. The highest BCUT2D eigenvalue weighted by atomic mass is 16.7. The molecule has 16 heavy (non-hydrogen) atoms. The zero-order valence-electron chi connectivity index (χ0n) is 9.29. The standard InChI is InChI=1S/C10H21NO5/c11-3-1-2-4-15-10-9(14)8(13)5-7(6-12)16-10/h7-10,12-14H,1-6,11H2/t7-,8-,9+,10?/m0/s1. The van der Waals surface area contributed by atoms with Gasteiger partial charge in [-0.1, -0.05) is 0 Å². The Kier molecular flexibility index (Phi) is 6.18. The number of nitrogens with two attached hydrogens (primary N) is 1. The van der Waals surface area contributed by atoms with Gasteiger partial charge in [-0.3, -0.25) is 0 Å². The van der Waals surface area contributed by atoms with Crippen LogP contribution in [-0.4, -0.2) is 59.7 Å². The van der Waals surface area contributed by atoms with Crippen LogP contribution in [-0.2, 0) is 9.47 Å². The monoisotopic (exact) mass is 235 g/mol. The second-order valence-electron chi connectivity index (χ2n) is 3.97. The van der Waals surface area contributed by atoms with Gasteiger partial charge in [-0.15, -0.1) is 0 Å². The lowest BCUT2D eigenvalue weighted by Gasteiger charge is -2.36. The molecule has 5 N–H and O–H groups in total. The smallest absolute Gasteiger partial charge is 0.186 e. The Morgan fingerprint density at radius 3 is 2.69 bits per heavy atom. The van der Waals surface area contributed by atoms with Crippen molar-refractivity contribution in [1.82, 2.24) is 0 Å². The Labute approximate surface area is 95.0 Å². The second kappa shape index (κ2) is 7.16. The fourth-order valence-corrected chi connectivity index (χ4v) is 1.62. The molecule has 0 spiro atoms. The lowest BCUT2D eigenvalue weighted by molar-refractivity contribution is -0.271. The third-order valence-corrected chi connectivity index (χ3v) is 2.59. The van der Waals surface area contributed by atoms with E-state index < -0.39 is 24.6 Å². The van der Waals surface area contributed by atoms with E-state index >= 15 is 0 Å². The van der Waals surface area contributed by atoms with E-state index in [1.54, 1.807) is 0 Å². The van der Waals surface area contributed by atoms with Crippen molar-refractivity contribution in [3.05, 3.63) is 0 Å². The molecule has 0 amide bonds. The largest absolute Gasteiger partial charge is 0.394 e. The Bertz CT molecular complexity index is 192. The first-order chi connectivity index (χ1) is 7.69. The maximum atomic E-state index is 9.60. The molecule has 0 aliphatic carbocycles. The number of aliphatic hydroxyl groups is 3. The van der Waals surface area contributed by atoms with Gasteiger partial charge in [-0.05, 0) is 19.4 Å². The summed E-state index contributed by atoms with van der Waals surface area (Å²) >= 11 is 0. The van der Waals surface area contributed by atoms with Crippen LogP contribution in [0.15, 0.2) is 0 Å². The Morgan fingerprint density at radius 2 is 2.06 bits per heavy atom. The van der Waals surface area contributed by atoms with Crippen LogP contribution in [0.5, 0.6) is 0 Å². The van der Waals surface area contributed by atoms with E-state index in [-0.39, 0.29) is 13.0 Å². The quantitative estimate of drug-likeness (QED) is 0.421. The fourth-order valence-electron chi connectivity index (χ4n) is 1.62. The molecular weight excluding hydrogens is 214 g/mol. The first kappa shape index (κ1) is 13.8. The molecule has 96 valence electrons.